The minimum atomic E-state index is -0.647. The number of hydrogen-bond acceptors (Lipinski definition) is 5. The number of amides is 2. The second-order valence-electron chi connectivity index (χ2n) is 2.21. The van der Waals surface area contributed by atoms with Gasteiger partial charge in [-0.3, -0.25) is 9.59 Å². The Balaban J connectivity index is 4.01. The van der Waals surface area contributed by atoms with Crippen LogP contribution in [-0.4, -0.2) is 36.0 Å². The van der Waals surface area contributed by atoms with E-state index < -0.39 is 6.04 Å². The zero-order valence-electron chi connectivity index (χ0n) is 6.99. The van der Waals surface area contributed by atoms with Crippen LogP contribution in [0.5, 0.6) is 0 Å². The summed E-state index contributed by atoms with van der Waals surface area (Å²) in [5.74, 6) is -0.243. The lowest BCUT2D eigenvalue weighted by atomic mass is 10.3. The van der Waals surface area contributed by atoms with Crippen LogP contribution < -0.4 is 16.4 Å². The standard InChI is InChI=1S/C6H13N3O2S2/c7-1-5(10)9-4(2-12)6(11)8-3-13/h4,12-13H,1-3,7H2,(H,8,11)(H,9,10)/t4-/m0/s1. The molecule has 0 aliphatic heterocycles. The van der Waals surface area contributed by atoms with Crippen molar-refractivity contribution in [2.24, 2.45) is 5.73 Å². The summed E-state index contributed by atoms with van der Waals surface area (Å²) in [5, 5.41) is 4.86. The molecule has 0 rings (SSSR count). The van der Waals surface area contributed by atoms with Crippen molar-refractivity contribution in [1.82, 2.24) is 10.6 Å². The van der Waals surface area contributed by atoms with Crippen molar-refractivity contribution in [3.63, 3.8) is 0 Å². The summed E-state index contributed by atoms with van der Waals surface area (Å²) in [4.78, 5) is 22.0. The molecule has 0 spiro atoms. The van der Waals surface area contributed by atoms with Crippen LogP contribution in [0.2, 0.25) is 0 Å². The Morgan fingerprint density at radius 3 is 2.38 bits per heavy atom. The molecule has 0 bridgehead atoms. The van der Waals surface area contributed by atoms with Crippen LogP contribution in [0.15, 0.2) is 0 Å². The van der Waals surface area contributed by atoms with E-state index in [1.165, 1.54) is 0 Å². The molecule has 5 nitrogen and oxygen atoms in total. The third-order valence-electron chi connectivity index (χ3n) is 1.27. The Hall–Kier alpha value is -0.400. The highest BCUT2D eigenvalue weighted by Gasteiger charge is 2.17. The van der Waals surface area contributed by atoms with Gasteiger partial charge >= 0.3 is 0 Å². The Bertz CT molecular complexity index is 189. The lowest BCUT2D eigenvalue weighted by Gasteiger charge is -2.14. The molecule has 0 radical (unpaired) electrons. The van der Waals surface area contributed by atoms with Crippen LogP contribution in [0, 0.1) is 0 Å². The maximum atomic E-state index is 11.2. The van der Waals surface area contributed by atoms with E-state index in [1.54, 1.807) is 0 Å². The number of thiol groups is 2. The van der Waals surface area contributed by atoms with Crippen LogP contribution in [0.4, 0.5) is 0 Å². The molecule has 0 heterocycles. The number of hydrogen-bond donors (Lipinski definition) is 5. The SMILES string of the molecule is NCC(=O)N[C@@H](CS)C(=O)NCS. The van der Waals surface area contributed by atoms with E-state index in [4.69, 9.17) is 5.73 Å². The fraction of sp³-hybridized carbons (Fsp3) is 0.667. The van der Waals surface area contributed by atoms with E-state index in [-0.39, 0.29) is 30.0 Å². The number of rotatable bonds is 5. The van der Waals surface area contributed by atoms with Gasteiger partial charge in [0.15, 0.2) is 0 Å². The third kappa shape index (κ3) is 5.02. The molecule has 7 heteroatoms. The van der Waals surface area contributed by atoms with Gasteiger partial charge in [-0.1, -0.05) is 0 Å². The van der Waals surface area contributed by atoms with Gasteiger partial charge in [-0.2, -0.15) is 25.3 Å². The second-order valence-corrected chi connectivity index (χ2v) is 2.89. The lowest BCUT2D eigenvalue weighted by Crippen LogP contribution is -2.49. The molecule has 0 aromatic carbocycles. The van der Waals surface area contributed by atoms with Gasteiger partial charge in [-0.25, -0.2) is 0 Å². The van der Waals surface area contributed by atoms with Crippen molar-refractivity contribution in [3.8, 4) is 0 Å². The predicted octanol–water partition coefficient (Wildman–Crippen LogP) is -1.64. The first kappa shape index (κ1) is 12.6. The monoisotopic (exact) mass is 223 g/mol. The molecule has 0 saturated carbocycles. The predicted molar refractivity (Wildman–Crippen MR) is 56.8 cm³/mol. The van der Waals surface area contributed by atoms with Gasteiger partial charge in [0.2, 0.25) is 11.8 Å². The number of nitrogens with two attached hydrogens (primary N) is 1. The molecule has 13 heavy (non-hydrogen) atoms. The smallest absolute Gasteiger partial charge is 0.244 e. The van der Waals surface area contributed by atoms with Crippen LogP contribution in [0.1, 0.15) is 0 Å². The molecule has 0 aromatic heterocycles. The van der Waals surface area contributed by atoms with E-state index >= 15 is 0 Å². The minimum absolute atomic E-state index is 0.140. The normalized spacial score (nSPS) is 11.9. The quantitative estimate of drug-likeness (QED) is 0.286. The Labute approximate surface area is 87.6 Å². The van der Waals surface area contributed by atoms with Gasteiger partial charge in [-0.15, -0.1) is 0 Å². The first-order valence-electron chi connectivity index (χ1n) is 3.64. The lowest BCUT2D eigenvalue weighted by molar-refractivity contribution is -0.127. The molecular weight excluding hydrogens is 210 g/mol. The third-order valence-corrected chi connectivity index (χ3v) is 1.80. The van der Waals surface area contributed by atoms with Crippen molar-refractivity contribution in [3.05, 3.63) is 0 Å². The maximum Gasteiger partial charge on any atom is 0.244 e. The Morgan fingerprint density at radius 2 is 2.00 bits per heavy atom. The Kier molecular flexibility index (Phi) is 6.83. The zero-order valence-corrected chi connectivity index (χ0v) is 8.78. The summed E-state index contributed by atoms with van der Waals surface area (Å²) in [7, 11) is 0. The van der Waals surface area contributed by atoms with Crippen molar-refractivity contribution in [2.45, 2.75) is 6.04 Å². The minimum Gasteiger partial charge on any atom is -0.346 e. The van der Waals surface area contributed by atoms with Gasteiger partial charge in [0.1, 0.15) is 6.04 Å². The van der Waals surface area contributed by atoms with Crippen LogP contribution in [0.25, 0.3) is 0 Å². The van der Waals surface area contributed by atoms with E-state index in [0.29, 0.717) is 0 Å². The molecule has 0 aromatic rings. The molecule has 0 aliphatic rings. The van der Waals surface area contributed by atoms with Gasteiger partial charge in [0.05, 0.1) is 12.4 Å². The number of carbonyl (C=O) groups excluding carboxylic acids is 2. The molecule has 0 saturated heterocycles. The fourth-order valence-electron chi connectivity index (χ4n) is 0.648. The van der Waals surface area contributed by atoms with Crippen LogP contribution in [-0.2, 0) is 9.59 Å². The van der Waals surface area contributed by atoms with Crippen molar-refractivity contribution in [1.29, 1.82) is 0 Å². The van der Waals surface area contributed by atoms with Crippen LogP contribution >= 0.6 is 25.3 Å². The summed E-state index contributed by atoms with van der Waals surface area (Å²) in [6, 6.07) is -0.647. The number of carbonyl (C=O) groups is 2. The van der Waals surface area contributed by atoms with E-state index in [2.05, 4.69) is 35.9 Å². The molecule has 1 atom stereocenters. The topological polar surface area (TPSA) is 84.2 Å². The van der Waals surface area contributed by atoms with E-state index in [9.17, 15) is 9.59 Å². The summed E-state index contributed by atoms with van der Waals surface area (Å²) < 4.78 is 0. The zero-order chi connectivity index (χ0) is 10.3. The molecule has 2 amide bonds. The highest BCUT2D eigenvalue weighted by molar-refractivity contribution is 7.80. The molecular formula is C6H13N3O2S2. The summed E-state index contributed by atoms with van der Waals surface area (Å²) in [6.07, 6.45) is 0. The molecule has 0 unspecified atom stereocenters. The van der Waals surface area contributed by atoms with E-state index in [0.717, 1.165) is 0 Å². The fourth-order valence-corrected chi connectivity index (χ4v) is 1.06. The van der Waals surface area contributed by atoms with Gasteiger partial charge in [0, 0.05) is 5.75 Å². The largest absolute Gasteiger partial charge is 0.346 e. The summed E-state index contributed by atoms with van der Waals surface area (Å²) in [6.45, 7) is -0.140. The van der Waals surface area contributed by atoms with E-state index in [1.807, 2.05) is 0 Å². The maximum absolute atomic E-state index is 11.2. The highest BCUT2D eigenvalue weighted by Crippen LogP contribution is 1.88. The molecule has 0 fully saturated rings. The van der Waals surface area contributed by atoms with Crippen LogP contribution in [0.3, 0.4) is 0 Å². The molecule has 4 N–H and O–H groups in total. The number of nitrogens with one attached hydrogen (secondary N) is 2. The molecule has 76 valence electrons. The highest BCUT2D eigenvalue weighted by atomic mass is 32.1. The summed E-state index contributed by atoms with van der Waals surface area (Å²) in [5.41, 5.74) is 5.07. The first-order valence-corrected chi connectivity index (χ1v) is 4.91. The van der Waals surface area contributed by atoms with Gasteiger partial charge < -0.3 is 16.4 Å². The van der Waals surface area contributed by atoms with Crippen molar-refractivity contribution >= 4 is 37.1 Å². The van der Waals surface area contributed by atoms with Crippen molar-refractivity contribution in [2.75, 3.05) is 18.2 Å². The second kappa shape index (κ2) is 7.05. The average Bonchev–Trinajstić information content (AvgIpc) is 2.14. The van der Waals surface area contributed by atoms with Gasteiger partial charge in [-0.05, 0) is 0 Å². The van der Waals surface area contributed by atoms with Crippen molar-refractivity contribution < 1.29 is 9.59 Å². The Morgan fingerprint density at radius 1 is 1.38 bits per heavy atom. The van der Waals surface area contributed by atoms with Gasteiger partial charge in [0.25, 0.3) is 0 Å². The summed E-state index contributed by atoms with van der Waals surface area (Å²) >= 11 is 7.73. The molecule has 0 aliphatic carbocycles. The average molecular weight is 223 g/mol. The first-order chi connectivity index (χ1) is 6.15.